The van der Waals surface area contributed by atoms with Gasteiger partial charge >= 0.3 is 0 Å². The van der Waals surface area contributed by atoms with Crippen molar-refractivity contribution < 1.29 is 18.4 Å². The SMILES string of the molecule is CN1C(=O)C[C@@H](C(=O)NCc2ccc(F)cc2)[C@@H]1c1ccc(F)cc1. The molecule has 0 aliphatic carbocycles. The lowest BCUT2D eigenvalue weighted by Gasteiger charge is -2.25. The molecule has 6 heteroatoms. The predicted molar refractivity (Wildman–Crippen MR) is 88.3 cm³/mol. The highest BCUT2D eigenvalue weighted by molar-refractivity contribution is 5.90. The van der Waals surface area contributed by atoms with Gasteiger partial charge in [-0.3, -0.25) is 9.59 Å². The van der Waals surface area contributed by atoms with Gasteiger partial charge in [-0.25, -0.2) is 8.78 Å². The van der Waals surface area contributed by atoms with E-state index in [-0.39, 0.29) is 36.4 Å². The minimum atomic E-state index is -0.552. The van der Waals surface area contributed by atoms with Gasteiger partial charge in [-0.2, -0.15) is 0 Å². The molecule has 1 fully saturated rings. The lowest BCUT2D eigenvalue weighted by atomic mass is 9.93. The Morgan fingerprint density at radius 1 is 1.08 bits per heavy atom. The van der Waals surface area contributed by atoms with Crippen LogP contribution in [-0.2, 0) is 16.1 Å². The van der Waals surface area contributed by atoms with Crippen LogP contribution >= 0.6 is 0 Å². The number of amides is 2. The fourth-order valence-corrected chi connectivity index (χ4v) is 3.14. The second kappa shape index (κ2) is 7.01. The first-order valence-corrected chi connectivity index (χ1v) is 7.99. The van der Waals surface area contributed by atoms with Crippen molar-refractivity contribution in [3.05, 3.63) is 71.3 Å². The third kappa shape index (κ3) is 3.68. The molecule has 1 heterocycles. The van der Waals surface area contributed by atoms with E-state index in [4.69, 9.17) is 0 Å². The van der Waals surface area contributed by atoms with Crippen molar-refractivity contribution in [3.8, 4) is 0 Å². The monoisotopic (exact) mass is 344 g/mol. The molecule has 1 N–H and O–H groups in total. The molecule has 1 saturated heterocycles. The van der Waals surface area contributed by atoms with E-state index in [9.17, 15) is 18.4 Å². The summed E-state index contributed by atoms with van der Waals surface area (Å²) < 4.78 is 26.1. The number of carbonyl (C=O) groups is 2. The average Bonchev–Trinajstić information content (AvgIpc) is 2.90. The van der Waals surface area contributed by atoms with E-state index < -0.39 is 12.0 Å². The van der Waals surface area contributed by atoms with Gasteiger partial charge in [0.1, 0.15) is 11.6 Å². The van der Waals surface area contributed by atoms with E-state index >= 15 is 0 Å². The highest BCUT2D eigenvalue weighted by Crippen LogP contribution is 2.37. The Labute approximate surface area is 144 Å². The maximum absolute atomic E-state index is 13.2. The molecule has 0 saturated carbocycles. The van der Waals surface area contributed by atoms with Crippen molar-refractivity contribution in [1.82, 2.24) is 10.2 Å². The van der Waals surface area contributed by atoms with Crippen LogP contribution in [0.15, 0.2) is 48.5 Å². The Morgan fingerprint density at radius 3 is 2.24 bits per heavy atom. The molecule has 2 aromatic carbocycles. The molecule has 1 aliphatic rings. The first kappa shape index (κ1) is 17.1. The lowest BCUT2D eigenvalue weighted by Crippen LogP contribution is -2.34. The van der Waals surface area contributed by atoms with Crippen molar-refractivity contribution >= 4 is 11.8 Å². The van der Waals surface area contributed by atoms with E-state index in [2.05, 4.69) is 5.32 Å². The Hall–Kier alpha value is -2.76. The standard InChI is InChI=1S/C19H18F2N2O2/c1-23-17(24)10-16(18(23)13-4-8-15(21)9-5-13)19(25)22-11-12-2-6-14(20)7-3-12/h2-9,16,18H,10-11H2,1H3,(H,22,25)/t16-,18+/m1/s1. The second-order valence-electron chi connectivity index (χ2n) is 6.16. The summed E-state index contributed by atoms with van der Waals surface area (Å²) in [6.45, 7) is 0.254. The van der Waals surface area contributed by atoms with Crippen LogP contribution in [-0.4, -0.2) is 23.8 Å². The Kier molecular flexibility index (Phi) is 4.79. The summed E-state index contributed by atoms with van der Waals surface area (Å²) in [5.74, 6) is -1.64. The lowest BCUT2D eigenvalue weighted by molar-refractivity contribution is -0.128. The zero-order chi connectivity index (χ0) is 18.0. The van der Waals surface area contributed by atoms with Gasteiger partial charge in [0.15, 0.2) is 0 Å². The number of nitrogens with zero attached hydrogens (tertiary/aromatic N) is 1. The molecule has 0 radical (unpaired) electrons. The molecule has 0 unspecified atom stereocenters. The molecule has 4 nitrogen and oxygen atoms in total. The van der Waals surface area contributed by atoms with Crippen LogP contribution in [0.4, 0.5) is 8.78 Å². The van der Waals surface area contributed by atoms with Gasteiger partial charge in [-0.05, 0) is 35.4 Å². The Balaban J connectivity index is 1.74. The molecular weight excluding hydrogens is 326 g/mol. The molecule has 130 valence electrons. The van der Waals surface area contributed by atoms with E-state index in [1.807, 2.05) is 0 Å². The van der Waals surface area contributed by atoms with Gasteiger partial charge < -0.3 is 10.2 Å². The summed E-state index contributed by atoms with van der Waals surface area (Å²) in [4.78, 5) is 26.2. The number of halogens is 2. The quantitative estimate of drug-likeness (QED) is 0.927. The molecule has 25 heavy (non-hydrogen) atoms. The Morgan fingerprint density at radius 2 is 1.64 bits per heavy atom. The van der Waals surface area contributed by atoms with E-state index in [1.54, 1.807) is 31.3 Å². The maximum atomic E-state index is 13.2. The molecule has 0 aromatic heterocycles. The van der Waals surface area contributed by atoms with Crippen LogP contribution in [0.1, 0.15) is 23.6 Å². The first-order chi connectivity index (χ1) is 12.0. The van der Waals surface area contributed by atoms with Gasteiger partial charge in [0.2, 0.25) is 11.8 Å². The molecule has 2 amide bonds. The topological polar surface area (TPSA) is 49.4 Å². The highest BCUT2D eigenvalue weighted by atomic mass is 19.1. The summed E-state index contributed by atoms with van der Waals surface area (Å²) in [5, 5.41) is 2.80. The fraction of sp³-hybridized carbons (Fsp3) is 0.263. The Bertz CT molecular complexity index is 775. The zero-order valence-corrected chi connectivity index (χ0v) is 13.7. The summed E-state index contributed by atoms with van der Waals surface area (Å²) in [6.07, 6.45) is 0.105. The van der Waals surface area contributed by atoms with Gasteiger partial charge in [0.25, 0.3) is 0 Å². The van der Waals surface area contributed by atoms with Gasteiger partial charge in [0.05, 0.1) is 12.0 Å². The molecule has 2 aromatic rings. The third-order valence-electron chi connectivity index (χ3n) is 4.51. The smallest absolute Gasteiger partial charge is 0.226 e. The molecule has 0 spiro atoms. The van der Waals surface area contributed by atoms with Crippen LogP contribution < -0.4 is 5.32 Å². The van der Waals surface area contributed by atoms with Crippen LogP contribution in [0.25, 0.3) is 0 Å². The molecular formula is C19H18F2N2O2. The predicted octanol–water partition coefficient (Wildman–Crippen LogP) is 2.80. The van der Waals surface area contributed by atoms with Gasteiger partial charge in [-0.15, -0.1) is 0 Å². The number of rotatable bonds is 4. The average molecular weight is 344 g/mol. The van der Waals surface area contributed by atoms with Crippen LogP contribution in [0.2, 0.25) is 0 Å². The molecule has 3 rings (SSSR count). The molecule has 2 atom stereocenters. The fourth-order valence-electron chi connectivity index (χ4n) is 3.14. The number of likely N-dealkylation sites (tertiary alicyclic amines) is 1. The minimum Gasteiger partial charge on any atom is -0.352 e. The summed E-state index contributed by atoms with van der Waals surface area (Å²) in [7, 11) is 1.64. The first-order valence-electron chi connectivity index (χ1n) is 7.99. The number of carbonyl (C=O) groups excluding carboxylic acids is 2. The maximum Gasteiger partial charge on any atom is 0.226 e. The van der Waals surface area contributed by atoms with Crippen molar-refractivity contribution in [3.63, 3.8) is 0 Å². The third-order valence-corrected chi connectivity index (χ3v) is 4.51. The van der Waals surface area contributed by atoms with Crippen molar-refractivity contribution in [2.24, 2.45) is 5.92 Å². The number of nitrogens with one attached hydrogen (secondary N) is 1. The summed E-state index contributed by atoms with van der Waals surface area (Å²) in [5.41, 5.74) is 1.49. The van der Waals surface area contributed by atoms with Crippen molar-refractivity contribution in [2.45, 2.75) is 19.0 Å². The van der Waals surface area contributed by atoms with Crippen molar-refractivity contribution in [2.75, 3.05) is 7.05 Å². The van der Waals surface area contributed by atoms with Crippen LogP contribution in [0, 0.1) is 17.6 Å². The number of benzene rings is 2. The zero-order valence-electron chi connectivity index (χ0n) is 13.7. The summed E-state index contributed by atoms with van der Waals surface area (Å²) >= 11 is 0. The number of hydrogen-bond acceptors (Lipinski definition) is 2. The van der Waals surface area contributed by atoms with Crippen LogP contribution in [0.3, 0.4) is 0 Å². The summed E-state index contributed by atoms with van der Waals surface area (Å²) in [6, 6.07) is 11.2. The second-order valence-corrected chi connectivity index (χ2v) is 6.16. The normalized spacial score (nSPS) is 20.0. The van der Waals surface area contributed by atoms with Gasteiger partial charge in [0, 0.05) is 20.0 Å². The molecule has 1 aliphatic heterocycles. The van der Waals surface area contributed by atoms with Gasteiger partial charge in [-0.1, -0.05) is 24.3 Å². The number of hydrogen-bond donors (Lipinski definition) is 1. The van der Waals surface area contributed by atoms with Crippen molar-refractivity contribution in [1.29, 1.82) is 0 Å². The van der Waals surface area contributed by atoms with E-state index in [0.29, 0.717) is 0 Å². The molecule has 0 bridgehead atoms. The highest BCUT2D eigenvalue weighted by Gasteiger charge is 2.42. The van der Waals surface area contributed by atoms with Crippen LogP contribution in [0.5, 0.6) is 0 Å². The van der Waals surface area contributed by atoms with E-state index in [0.717, 1.165) is 11.1 Å². The van der Waals surface area contributed by atoms with E-state index in [1.165, 1.54) is 29.2 Å². The largest absolute Gasteiger partial charge is 0.352 e. The minimum absolute atomic E-state index is 0.105.